The highest BCUT2D eigenvalue weighted by Crippen LogP contribution is 2.44. The van der Waals surface area contributed by atoms with E-state index in [4.69, 9.17) is 4.74 Å². The molecule has 5 heteroatoms. The molecule has 132 valence electrons. The van der Waals surface area contributed by atoms with Gasteiger partial charge in [0.25, 0.3) is 0 Å². The van der Waals surface area contributed by atoms with Crippen molar-refractivity contribution in [3.63, 3.8) is 0 Å². The molecule has 1 unspecified atom stereocenters. The van der Waals surface area contributed by atoms with E-state index in [1.165, 1.54) is 0 Å². The first kappa shape index (κ1) is 17.5. The predicted molar refractivity (Wildman–Crippen MR) is 95.6 cm³/mol. The number of carbonyl (C=O) groups is 1. The zero-order valence-electron chi connectivity index (χ0n) is 15.0. The number of hydrogen-bond donors (Lipinski definition) is 2. The molecule has 1 aliphatic rings. The molecule has 5 nitrogen and oxygen atoms in total. The van der Waals surface area contributed by atoms with Crippen molar-refractivity contribution in [2.75, 3.05) is 6.61 Å². The predicted octanol–water partition coefficient (Wildman–Crippen LogP) is 4.21. The highest BCUT2D eigenvalue weighted by molar-refractivity contribution is 5.93. The van der Waals surface area contributed by atoms with Gasteiger partial charge in [-0.2, -0.15) is 5.26 Å². The zero-order chi connectivity index (χ0) is 18.2. The fourth-order valence-corrected chi connectivity index (χ4v) is 4.10. The smallest absolute Gasteiger partial charge is 0.306 e. The van der Waals surface area contributed by atoms with Gasteiger partial charge in [-0.3, -0.25) is 4.79 Å². The molecular formula is C20H24N2O3. The Labute approximate surface area is 147 Å². The van der Waals surface area contributed by atoms with Crippen LogP contribution >= 0.6 is 0 Å². The number of aromatic amines is 1. The highest BCUT2D eigenvalue weighted by atomic mass is 16.5. The van der Waals surface area contributed by atoms with Crippen molar-refractivity contribution in [3.05, 3.63) is 34.5 Å². The molecule has 1 aromatic heterocycles. The lowest BCUT2D eigenvalue weighted by molar-refractivity contribution is -0.149. The number of ether oxygens (including phenoxy) is 1. The average molecular weight is 340 g/mol. The van der Waals surface area contributed by atoms with E-state index in [-0.39, 0.29) is 6.42 Å². The fraction of sp³-hybridized carbons (Fsp3) is 0.500. The van der Waals surface area contributed by atoms with Gasteiger partial charge in [0, 0.05) is 5.39 Å². The van der Waals surface area contributed by atoms with Crippen LogP contribution in [0.3, 0.4) is 0 Å². The summed E-state index contributed by atoms with van der Waals surface area (Å²) in [5.41, 5.74) is 3.80. The van der Waals surface area contributed by atoms with Crippen molar-refractivity contribution in [2.24, 2.45) is 0 Å². The van der Waals surface area contributed by atoms with Gasteiger partial charge in [0.1, 0.15) is 5.60 Å². The second kappa shape index (κ2) is 6.53. The third-order valence-electron chi connectivity index (χ3n) is 5.11. The van der Waals surface area contributed by atoms with E-state index in [9.17, 15) is 15.2 Å². The first-order valence-corrected chi connectivity index (χ1v) is 8.87. The standard InChI is InChI=1S/C20H24N2O3/c1-4-8-20(10-16(23)24)19-15(7-9-25-20)17-13(11-21)5-6-14(12(2)3)18(17)22-19/h5-6,12,22H,4,7-10H2,1-3H3,(H,23,24). The van der Waals surface area contributed by atoms with E-state index >= 15 is 0 Å². The molecule has 0 fully saturated rings. The molecule has 0 saturated heterocycles. The molecule has 25 heavy (non-hydrogen) atoms. The Morgan fingerprint density at radius 3 is 2.84 bits per heavy atom. The molecule has 1 aliphatic heterocycles. The SMILES string of the molecule is CCCC1(CC(=O)O)OCCc2c1[nH]c1c(C(C)C)ccc(C#N)c21. The lowest BCUT2D eigenvalue weighted by Crippen LogP contribution is -2.37. The third-order valence-corrected chi connectivity index (χ3v) is 5.11. The Morgan fingerprint density at radius 2 is 2.24 bits per heavy atom. The number of nitriles is 1. The molecule has 0 amide bonds. The van der Waals surface area contributed by atoms with Crippen molar-refractivity contribution in [2.45, 2.75) is 58.0 Å². The largest absolute Gasteiger partial charge is 0.481 e. The second-order valence-corrected chi connectivity index (χ2v) is 7.11. The number of rotatable bonds is 5. The van der Waals surface area contributed by atoms with Crippen molar-refractivity contribution in [1.82, 2.24) is 4.98 Å². The minimum atomic E-state index is -0.871. The molecule has 2 aromatic rings. The van der Waals surface area contributed by atoms with Crippen molar-refractivity contribution >= 4 is 16.9 Å². The van der Waals surface area contributed by atoms with Crippen LogP contribution in [-0.4, -0.2) is 22.7 Å². The van der Waals surface area contributed by atoms with E-state index < -0.39 is 11.6 Å². The van der Waals surface area contributed by atoms with Crippen LogP contribution in [0.1, 0.15) is 68.3 Å². The van der Waals surface area contributed by atoms with Crippen molar-refractivity contribution < 1.29 is 14.6 Å². The zero-order valence-corrected chi connectivity index (χ0v) is 15.0. The Kier molecular flexibility index (Phi) is 4.57. The first-order valence-electron chi connectivity index (χ1n) is 8.87. The third kappa shape index (κ3) is 2.81. The number of H-pyrrole nitrogens is 1. The van der Waals surface area contributed by atoms with Gasteiger partial charge in [-0.15, -0.1) is 0 Å². The molecule has 1 atom stereocenters. The van der Waals surface area contributed by atoms with E-state index in [1.54, 1.807) is 0 Å². The number of aliphatic carboxylic acids is 1. The number of nitrogens with zero attached hydrogens (tertiary/aromatic N) is 1. The summed E-state index contributed by atoms with van der Waals surface area (Å²) in [7, 11) is 0. The van der Waals surface area contributed by atoms with Crippen molar-refractivity contribution in [3.8, 4) is 6.07 Å². The summed E-state index contributed by atoms with van der Waals surface area (Å²) in [5, 5.41) is 20.0. The number of carboxylic acids is 1. The summed E-state index contributed by atoms with van der Waals surface area (Å²) in [6.45, 7) is 6.75. The van der Waals surface area contributed by atoms with Gasteiger partial charge in [-0.1, -0.05) is 33.3 Å². The van der Waals surface area contributed by atoms with Gasteiger partial charge in [-0.25, -0.2) is 0 Å². The molecule has 3 rings (SSSR count). The van der Waals surface area contributed by atoms with Crippen LogP contribution in [0.25, 0.3) is 10.9 Å². The first-order chi connectivity index (χ1) is 11.9. The van der Waals surface area contributed by atoms with E-state index in [0.717, 1.165) is 34.1 Å². The van der Waals surface area contributed by atoms with Crippen LogP contribution in [0.15, 0.2) is 12.1 Å². The lowest BCUT2D eigenvalue weighted by Gasteiger charge is -2.36. The van der Waals surface area contributed by atoms with Crippen molar-refractivity contribution in [1.29, 1.82) is 5.26 Å². The monoisotopic (exact) mass is 340 g/mol. The quantitative estimate of drug-likeness (QED) is 0.854. The van der Waals surface area contributed by atoms with Crippen LogP contribution in [0.5, 0.6) is 0 Å². The molecule has 1 aromatic carbocycles. The molecule has 0 spiro atoms. The summed E-state index contributed by atoms with van der Waals surface area (Å²) < 4.78 is 6.05. The maximum Gasteiger partial charge on any atom is 0.306 e. The summed E-state index contributed by atoms with van der Waals surface area (Å²) in [4.78, 5) is 15.0. The lowest BCUT2D eigenvalue weighted by atomic mass is 9.84. The minimum absolute atomic E-state index is 0.0699. The van der Waals surface area contributed by atoms with Gasteiger partial charge in [-0.05, 0) is 36.0 Å². The van der Waals surface area contributed by atoms with E-state index in [0.29, 0.717) is 30.9 Å². The minimum Gasteiger partial charge on any atom is -0.481 e. The van der Waals surface area contributed by atoms with Gasteiger partial charge >= 0.3 is 5.97 Å². The Bertz CT molecular complexity index is 860. The Morgan fingerprint density at radius 1 is 1.48 bits per heavy atom. The van der Waals surface area contributed by atoms with Crippen LogP contribution < -0.4 is 0 Å². The fourth-order valence-electron chi connectivity index (χ4n) is 4.10. The van der Waals surface area contributed by atoms with Crippen LogP contribution in [0, 0.1) is 11.3 Å². The van der Waals surface area contributed by atoms with E-state index in [1.807, 2.05) is 19.1 Å². The second-order valence-electron chi connectivity index (χ2n) is 7.11. The average Bonchev–Trinajstić information content (AvgIpc) is 2.95. The number of hydrogen-bond acceptors (Lipinski definition) is 3. The number of nitrogens with one attached hydrogen (secondary N) is 1. The number of carboxylic acid groups (broad SMARTS) is 1. The normalized spacial score (nSPS) is 19.8. The number of benzene rings is 1. The van der Waals surface area contributed by atoms with Crippen LogP contribution in [-0.2, 0) is 21.6 Å². The summed E-state index contributed by atoms with van der Waals surface area (Å²) in [5.74, 6) is -0.569. The maximum atomic E-state index is 11.5. The van der Waals surface area contributed by atoms with Gasteiger partial charge in [0.2, 0.25) is 0 Å². The molecule has 2 N–H and O–H groups in total. The number of fused-ring (bicyclic) bond motifs is 3. The van der Waals surface area contributed by atoms with Crippen LogP contribution in [0.2, 0.25) is 0 Å². The summed E-state index contributed by atoms with van der Waals surface area (Å²) in [6.07, 6.45) is 2.08. The molecular weight excluding hydrogens is 316 g/mol. The Balaban J connectivity index is 2.33. The van der Waals surface area contributed by atoms with Crippen LogP contribution in [0.4, 0.5) is 0 Å². The molecule has 2 heterocycles. The Hall–Kier alpha value is -2.32. The summed E-state index contributed by atoms with van der Waals surface area (Å²) in [6, 6.07) is 6.16. The topological polar surface area (TPSA) is 86.1 Å². The molecule has 0 saturated carbocycles. The van der Waals surface area contributed by atoms with Gasteiger partial charge in [0.15, 0.2) is 0 Å². The van der Waals surface area contributed by atoms with Gasteiger partial charge in [0.05, 0.1) is 35.9 Å². The molecule has 0 aliphatic carbocycles. The number of aromatic nitrogens is 1. The van der Waals surface area contributed by atoms with E-state index in [2.05, 4.69) is 24.9 Å². The maximum absolute atomic E-state index is 11.5. The molecule has 0 radical (unpaired) electrons. The molecule has 0 bridgehead atoms. The summed E-state index contributed by atoms with van der Waals surface area (Å²) >= 11 is 0. The van der Waals surface area contributed by atoms with Gasteiger partial charge < -0.3 is 14.8 Å². The highest BCUT2D eigenvalue weighted by Gasteiger charge is 2.42.